The van der Waals surface area contributed by atoms with E-state index in [0.717, 1.165) is 47.4 Å². The number of hydrogen-bond acceptors (Lipinski definition) is 5. The van der Waals surface area contributed by atoms with Gasteiger partial charge in [-0.15, -0.1) is 0 Å². The molecule has 1 aliphatic heterocycles. The lowest BCUT2D eigenvalue weighted by atomic mass is 10.1. The standard InChI is InChI=1S/C27H24Cl2N4O3/c1-35-25-12-17-11-24-22(32-23(17)14-26(25)36-2)9-10-33(24)15-16-3-5-18(6-4-16)30-27(34)31-19-7-8-20(28)21(29)13-19/h3-8,11-14H,9-10,15H2,1-2H3,(H2,30,31,34). The van der Waals surface area contributed by atoms with Gasteiger partial charge in [0.15, 0.2) is 11.5 Å². The molecule has 4 aromatic rings. The smallest absolute Gasteiger partial charge is 0.323 e. The fourth-order valence-electron chi connectivity index (χ4n) is 4.29. The molecule has 7 nitrogen and oxygen atoms in total. The number of fused-ring (bicyclic) bond motifs is 2. The summed E-state index contributed by atoms with van der Waals surface area (Å²) in [7, 11) is 3.26. The number of pyridine rings is 1. The lowest BCUT2D eigenvalue weighted by Crippen LogP contribution is -2.20. The van der Waals surface area contributed by atoms with Crippen LogP contribution in [0.2, 0.25) is 10.0 Å². The molecule has 0 saturated heterocycles. The molecule has 5 rings (SSSR count). The summed E-state index contributed by atoms with van der Waals surface area (Å²) in [5.41, 5.74) is 5.47. The first-order valence-electron chi connectivity index (χ1n) is 11.4. The normalized spacial score (nSPS) is 12.4. The summed E-state index contributed by atoms with van der Waals surface area (Å²) in [6.45, 7) is 1.63. The first-order valence-corrected chi connectivity index (χ1v) is 12.1. The Balaban J connectivity index is 1.26. The average molecular weight is 523 g/mol. The molecule has 0 radical (unpaired) electrons. The Morgan fingerprint density at radius 2 is 1.61 bits per heavy atom. The summed E-state index contributed by atoms with van der Waals surface area (Å²) < 4.78 is 10.9. The van der Waals surface area contributed by atoms with Gasteiger partial charge in [0, 0.05) is 42.3 Å². The van der Waals surface area contributed by atoms with Gasteiger partial charge in [0.05, 0.1) is 41.2 Å². The van der Waals surface area contributed by atoms with Gasteiger partial charge in [-0.3, -0.25) is 4.98 Å². The van der Waals surface area contributed by atoms with Gasteiger partial charge in [-0.25, -0.2) is 4.79 Å². The zero-order valence-corrected chi connectivity index (χ0v) is 21.3. The molecule has 36 heavy (non-hydrogen) atoms. The first-order chi connectivity index (χ1) is 17.4. The summed E-state index contributed by atoms with van der Waals surface area (Å²) in [4.78, 5) is 19.5. The van der Waals surface area contributed by atoms with Crippen LogP contribution in [-0.4, -0.2) is 31.8 Å². The molecule has 9 heteroatoms. The van der Waals surface area contributed by atoms with Crippen molar-refractivity contribution >= 4 is 57.2 Å². The number of hydrogen-bond donors (Lipinski definition) is 2. The maximum Gasteiger partial charge on any atom is 0.323 e. The van der Waals surface area contributed by atoms with E-state index in [4.69, 9.17) is 37.7 Å². The van der Waals surface area contributed by atoms with Crippen LogP contribution in [0.15, 0.2) is 60.7 Å². The Kier molecular flexibility index (Phi) is 6.76. The van der Waals surface area contributed by atoms with Crippen LogP contribution in [0.1, 0.15) is 11.3 Å². The van der Waals surface area contributed by atoms with Crippen molar-refractivity contribution in [2.45, 2.75) is 13.0 Å². The number of nitrogens with zero attached hydrogens (tertiary/aromatic N) is 2. The molecule has 0 aliphatic carbocycles. The molecule has 2 heterocycles. The summed E-state index contributed by atoms with van der Waals surface area (Å²) in [5.74, 6) is 1.36. The molecule has 2 N–H and O–H groups in total. The predicted octanol–water partition coefficient (Wildman–Crippen LogP) is 6.77. The third kappa shape index (κ3) is 4.98. The molecule has 0 unspecified atom stereocenters. The van der Waals surface area contributed by atoms with E-state index in [0.29, 0.717) is 32.9 Å². The van der Waals surface area contributed by atoms with E-state index in [9.17, 15) is 4.79 Å². The van der Waals surface area contributed by atoms with Crippen molar-refractivity contribution in [1.82, 2.24) is 4.98 Å². The van der Waals surface area contributed by atoms with Crippen molar-refractivity contribution < 1.29 is 14.3 Å². The number of amides is 2. The topological polar surface area (TPSA) is 75.7 Å². The molecular formula is C27H24Cl2N4O3. The van der Waals surface area contributed by atoms with E-state index in [1.807, 2.05) is 36.4 Å². The average Bonchev–Trinajstić information content (AvgIpc) is 3.26. The van der Waals surface area contributed by atoms with Crippen LogP contribution in [0.25, 0.3) is 10.9 Å². The number of aromatic nitrogens is 1. The number of benzene rings is 3. The van der Waals surface area contributed by atoms with Crippen LogP contribution in [-0.2, 0) is 13.0 Å². The predicted molar refractivity (Wildman–Crippen MR) is 145 cm³/mol. The molecule has 1 aromatic heterocycles. The van der Waals surface area contributed by atoms with Gasteiger partial charge in [0.2, 0.25) is 0 Å². The summed E-state index contributed by atoms with van der Waals surface area (Å²) in [6, 6.07) is 18.4. The Labute approximate surface area is 218 Å². The van der Waals surface area contributed by atoms with Crippen LogP contribution in [0.5, 0.6) is 11.5 Å². The van der Waals surface area contributed by atoms with E-state index in [1.165, 1.54) is 0 Å². The Morgan fingerprint density at radius 1 is 0.917 bits per heavy atom. The molecule has 0 bridgehead atoms. The van der Waals surface area contributed by atoms with Crippen molar-refractivity contribution in [3.8, 4) is 11.5 Å². The maximum atomic E-state index is 12.3. The molecule has 0 fully saturated rings. The van der Waals surface area contributed by atoms with Crippen LogP contribution in [0, 0.1) is 0 Å². The van der Waals surface area contributed by atoms with Gasteiger partial charge in [-0.05, 0) is 48.0 Å². The molecule has 0 saturated carbocycles. The zero-order valence-electron chi connectivity index (χ0n) is 19.8. The second kappa shape index (κ2) is 10.1. The van der Waals surface area contributed by atoms with E-state index < -0.39 is 0 Å². The van der Waals surface area contributed by atoms with Gasteiger partial charge >= 0.3 is 6.03 Å². The monoisotopic (exact) mass is 522 g/mol. The van der Waals surface area contributed by atoms with Gasteiger partial charge in [-0.1, -0.05) is 35.3 Å². The molecule has 184 valence electrons. The van der Waals surface area contributed by atoms with Crippen LogP contribution in [0.3, 0.4) is 0 Å². The Hall–Kier alpha value is -3.68. The highest BCUT2D eigenvalue weighted by Crippen LogP contribution is 2.36. The van der Waals surface area contributed by atoms with E-state index in [2.05, 4.69) is 21.6 Å². The zero-order chi connectivity index (χ0) is 25.2. The number of urea groups is 1. The van der Waals surface area contributed by atoms with Gasteiger partial charge in [0.25, 0.3) is 0 Å². The summed E-state index contributed by atoms with van der Waals surface area (Å²) >= 11 is 11.9. The number of anilines is 3. The van der Waals surface area contributed by atoms with Gasteiger partial charge < -0.3 is 25.0 Å². The molecular weight excluding hydrogens is 499 g/mol. The number of methoxy groups -OCH3 is 2. The third-order valence-corrected chi connectivity index (χ3v) is 6.84. The number of ether oxygens (including phenoxy) is 2. The molecule has 2 amide bonds. The lowest BCUT2D eigenvalue weighted by Gasteiger charge is -2.20. The highest BCUT2D eigenvalue weighted by atomic mass is 35.5. The highest BCUT2D eigenvalue weighted by Gasteiger charge is 2.22. The van der Waals surface area contributed by atoms with E-state index in [1.54, 1.807) is 32.4 Å². The fraction of sp³-hybridized carbons (Fsp3) is 0.185. The molecule has 3 aromatic carbocycles. The summed E-state index contributed by atoms with van der Waals surface area (Å²) in [5, 5.41) is 7.39. The number of halogens is 2. The second-order valence-corrected chi connectivity index (χ2v) is 9.24. The molecule has 1 aliphatic rings. The quantitative estimate of drug-likeness (QED) is 0.292. The number of nitrogens with one attached hydrogen (secondary N) is 2. The minimum Gasteiger partial charge on any atom is -0.493 e. The van der Waals surface area contributed by atoms with Crippen molar-refractivity contribution in [2.24, 2.45) is 0 Å². The number of carbonyl (C=O) groups excluding carboxylic acids is 1. The number of carbonyl (C=O) groups is 1. The maximum absolute atomic E-state index is 12.3. The SMILES string of the molecule is COc1cc2cc3c(nc2cc1OC)CCN3Cc1ccc(NC(=O)Nc2ccc(Cl)c(Cl)c2)cc1. The van der Waals surface area contributed by atoms with E-state index in [-0.39, 0.29) is 6.03 Å². The van der Waals surface area contributed by atoms with Crippen LogP contribution in [0.4, 0.5) is 21.9 Å². The van der Waals surface area contributed by atoms with Crippen molar-refractivity contribution in [2.75, 3.05) is 36.3 Å². The lowest BCUT2D eigenvalue weighted by molar-refractivity contribution is 0.262. The largest absolute Gasteiger partial charge is 0.493 e. The second-order valence-electron chi connectivity index (χ2n) is 8.43. The van der Waals surface area contributed by atoms with E-state index >= 15 is 0 Å². The number of rotatable bonds is 6. The highest BCUT2D eigenvalue weighted by molar-refractivity contribution is 6.42. The third-order valence-electron chi connectivity index (χ3n) is 6.10. The summed E-state index contributed by atoms with van der Waals surface area (Å²) in [6.07, 6.45) is 0.883. The fourth-order valence-corrected chi connectivity index (χ4v) is 4.59. The minimum atomic E-state index is -0.361. The first kappa shape index (κ1) is 24.0. The Bertz CT molecular complexity index is 1440. The van der Waals surface area contributed by atoms with Crippen molar-refractivity contribution in [3.05, 3.63) is 82.0 Å². The molecule has 0 atom stereocenters. The van der Waals surface area contributed by atoms with Crippen molar-refractivity contribution in [3.63, 3.8) is 0 Å². The van der Waals surface area contributed by atoms with Crippen LogP contribution < -0.4 is 25.0 Å². The van der Waals surface area contributed by atoms with Gasteiger partial charge in [-0.2, -0.15) is 0 Å². The van der Waals surface area contributed by atoms with Gasteiger partial charge in [0.1, 0.15) is 0 Å². The van der Waals surface area contributed by atoms with Crippen LogP contribution >= 0.6 is 23.2 Å². The van der Waals surface area contributed by atoms with Crippen molar-refractivity contribution in [1.29, 1.82) is 0 Å². The minimum absolute atomic E-state index is 0.361. The molecule has 0 spiro atoms. The Morgan fingerprint density at radius 3 is 2.33 bits per heavy atom.